The van der Waals surface area contributed by atoms with Crippen molar-refractivity contribution in [2.75, 3.05) is 6.26 Å². The van der Waals surface area contributed by atoms with E-state index in [1.165, 1.54) is 6.26 Å². The summed E-state index contributed by atoms with van der Waals surface area (Å²) in [5, 5.41) is 0. The Hall–Kier alpha value is -0.950. The highest BCUT2D eigenvalue weighted by Gasteiger charge is 2.08. The summed E-state index contributed by atoms with van der Waals surface area (Å²) >= 11 is 2.21. The first-order valence-corrected chi connectivity index (χ1v) is 7.86. The fraction of sp³-hybridized carbons (Fsp3) is 0.0833. The zero-order chi connectivity index (χ0) is 12.5. The molecule has 5 heteroatoms. The summed E-state index contributed by atoms with van der Waals surface area (Å²) in [6.45, 7) is 0. The molecule has 1 aromatic carbocycles. The van der Waals surface area contributed by atoms with E-state index in [1.807, 2.05) is 12.1 Å². The van der Waals surface area contributed by atoms with E-state index < -0.39 is 9.84 Å². The molecule has 0 saturated heterocycles. The molecule has 1 aromatic heterocycles. The summed E-state index contributed by atoms with van der Waals surface area (Å²) < 4.78 is 23.7. The molecule has 0 aliphatic heterocycles. The average Bonchev–Trinajstić information content (AvgIpc) is 2.29. The number of halogens is 1. The predicted molar refractivity (Wildman–Crippen MR) is 75.5 cm³/mol. The molecule has 1 heterocycles. The topological polar surface area (TPSA) is 47.0 Å². The lowest BCUT2D eigenvalue weighted by atomic mass is 10.1. The predicted octanol–water partition coefficient (Wildman–Crippen LogP) is 2.76. The van der Waals surface area contributed by atoms with Crippen molar-refractivity contribution in [3.05, 3.63) is 46.2 Å². The van der Waals surface area contributed by atoms with Crippen LogP contribution in [-0.2, 0) is 9.84 Å². The van der Waals surface area contributed by atoms with Gasteiger partial charge >= 0.3 is 0 Å². The number of aromatic nitrogens is 1. The minimum absolute atomic E-state index is 0.326. The Bertz CT molecular complexity index is 636. The number of hydrogen-bond acceptors (Lipinski definition) is 3. The molecule has 0 N–H and O–H groups in total. The van der Waals surface area contributed by atoms with E-state index in [9.17, 15) is 8.42 Å². The van der Waals surface area contributed by atoms with E-state index >= 15 is 0 Å². The van der Waals surface area contributed by atoms with Crippen LogP contribution in [0.3, 0.4) is 0 Å². The number of rotatable bonds is 2. The van der Waals surface area contributed by atoms with Gasteiger partial charge in [-0.15, -0.1) is 0 Å². The fourth-order valence-corrected chi connectivity index (χ4v) is 2.75. The van der Waals surface area contributed by atoms with E-state index in [2.05, 4.69) is 27.6 Å². The van der Waals surface area contributed by atoms with E-state index in [-0.39, 0.29) is 0 Å². The average molecular weight is 359 g/mol. The third-order valence-electron chi connectivity index (χ3n) is 2.31. The molecule has 0 bridgehead atoms. The highest BCUT2D eigenvalue weighted by Crippen LogP contribution is 2.23. The van der Waals surface area contributed by atoms with Crippen LogP contribution < -0.4 is 0 Å². The van der Waals surface area contributed by atoms with Crippen LogP contribution in [0.4, 0.5) is 0 Å². The third-order valence-corrected chi connectivity index (χ3v) is 4.31. The first-order valence-electron chi connectivity index (χ1n) is 4.89. The maximum Gasteiger partial charge on any atom is 0.175 e. The number of pyridine rings is 1. The summed E-state index contributed by atoms with van der Waals surface area (Å²) in [7, 11) is -3.13. The molecular formula is C12H10INO2S. The van der Waals surface area contributed by atoms with Gasteiger partial charge in [-0.25, -0.2) is 8.42 Å². The van der Waals surface area contributed by atoms with Gasteiger partial charge in [0, 0.05) is 21.6 Å². The van der Waals surface area contributed by atoms with Gasteiger partial charge in [0.15, 0.2) is 9.84 Å². The van der Waals surface area contributed by atoms with E-state index in [1.54, 1.807) is 30.5 Å². The third kappa shape index (κ3) is 2.84. The van der Waals surface area contributed by atoms with Crippen LogP contribution in [0.15, 0.2) is 47.5 Å². The van der Waals surface area contributed by atoms with Gasteiger partial charge in [0.2, 0.25) is 0 Å². The Morgan fingerprint density at radius 1 is 1.12 bits per heavy atom. The number of nitrogens with zero attached hydrogens (tertiary/aromatic N) is 1. The van der Waals surface area contributed by atoms with Crippen molar-refractivity contribution < 1.29 is 8.42 Å². The Kier molecular flexibility index (Phi) is 3.48. The van der Waals surface area contributed by atoms with Gasteiger partial charge < -0.3 is 0 Å². The first-order chi connectivity index (χ1) is 7.98. The summed E-state index contributed by atoms with van der Waals surface area (Å²) in [4.78, 5) is 4.61. The summed E-state index contributed by atoms with van der Waals surface area (Å²) in [5.41, 5.74) is 1.79. The maximum absolute atomic E-state index is 11.3. The lowest BCUT2D eigenvalue weighted by Crippen LogP contribution is -1.96. The minimum Gasteiger partial charge on any atom is -0.255 e. The second kappa shape index (κ2) is 4.73. The molecule has 2 rings (SSSR count). The van der Waals surface area contributed by atoms with Crippen LogP contribution >= 0.6 is 22.6 Å². The number of benzene rings is 1. The van der Waals surface area contributed by atoms with Gasteiger partial charge in [0.05, 0.1) is 10.6 Å². The lowest BCUT2D eigenvalue weighted by molar-refractivity contribution is 0.602. The van der Waals surface area contributed by atoms with Crippen molar-refractivity contribution in [2.45, 2.75) is 4.90 Å². The Balaban J connectivity index is 2.47. The molecular weight excluding hydrogens is 349 g/mol. The van der Waals surface area contributed by atoms with Crippen LogP contribution in [0.2, 0.25) is 0 Å². The van der Waals surface area contributed by atoms with Crippen LogP contribution in [0.5, 0.6) is 0 Å². The Morgan fingerprint density at radius 3 is 2.29 bits per heavy atom. The van der Waals surface area contributed by atoms with Crippen LogP contribution in [0, 0.1) is 3.57 Å². The van der Waals surface area contributed by atoms with Gasteiger partial charge in [-0.3, -0.25) is 4.98 Å². The molecule has 3 nitrogen and oxygen atoms in total. The molecule has 0 aliphatic carbocycles. The molecule has 0 saturated carbocycles. The Labute approximate surface area is 114 Å². The lowest BCUT2D eigenvalue weighted by Gasteiger charge is -2.04. The second-order valence-corrected chi connectivity index (χ2v) is 6.81. The zero-order valence-electron chi connectivity index (χ0n) is 9.09. The molecule has 17 heavy (non-hydrogen) atoms. The van der Waals surface area contributed by atoms with E-state index in [0.29, 0.717) is 4.90 Å². The standard InChI is InChI=1S/C12H10INO2S/c1-17(15,16)10-6-4-9(5-7-10)12-11(13)3-2-8-14-12/h2-8H,1H3. The summed E-state index contributed by atoms with van der Waals surface area (Å²) in [5.74, 6) is 0. The minimum atomic E-state index is -3.13. The monoisotopic (exact) mass is 359 g/mol. The van der Waals surface area contributed by atoms with Gasteiger partial charge in [-0.05, 0) is 46.9 Å². The van der Waals surface area contributed by atoms with Gasteiger partial charge in [0.1, 0.15) is 0 Å². The van der Waals surface area contributed by atoms with E-state index in [0.717, 1.165) is 14.8 Å². The molecule has 0 radical (unpaired) electrons. The van der Waals surface area contributed by atoms with Crippen molar-refractivity contribution in [3.8, 4) is 11.3 Å². The molecule has 0 atom stereocenters. The maximum atomic E-state index is 11.3. The molecule has 88 valence electrons. The van der Waals surface area contributed by atoms with Crippen LogP contribution in [-0.4, -0.2) is 19.7 Å². The first kappa shape index (κ1) is 12.5. The van der Waals surface area contributed by atoms with Crippen LogP contribution in [0.1, 0.15) is 0 Å². The second-order valence-electron chi connectivity index (χ2n) is 3.63. The summed E-state index contributed by atoms with van der Waals surface area (Å²) in [6, 6.07) is 10.6. The van der Waals surface area contributed by atoms with E-state index in [4.69, 9.17) is 0 Å². The number of sulfone groups is 1. The highest BCUT2D eigenvalue weighted by molar-refractivity contribution is 14.1. The van der Waals surface area contributed by atoms with Crippen molar-refractivity contribution in [1.29, 1.82) is 0 Å². The largest absolute Gasteiger partial charge is 0.255 e. The zero-order valence-corrected chi connectivity index (χ0v) is 12.1. The Morgan fingerprint density at radius 2 is 1.76 bits per heavy atom. The fourth-order valence-electron chi connectivity index (χ4n) is 1.46. The number of hydrogen-bond donors (Lipinski definition) is 0. The SMILES string of the molecule is CS(=O)(=O)c1ccc(-c2ncccc2I)cc1. The normalized spacial score (nSPS) is 11.4. The van der Waals surface area contributed by atoms with Gasteiger partial charge in [-0.2, -0.15) is 0 Å². The smallest absolute Gasteiger partial charge is 0.175 e. The summed E-state index contributed by atoms with van der Waals surface area (Å²) in [6.07, 6.45) is 2.93. The molecule has 0 amide bonds. The van der Waals surface area contributed by atoms with Crippen molar-refractivity contribution in [2.24, 2.45) is 0 Å². The van der Waals surface area contributed by atoms with Gasteiger partial charge in [0.25, 0.3) is 0 Å². The van der Waals surface area contributed by atoms with Crippen molar-refractivity contribution in [1.82, 2.24) is 4.98 Å². The highest BCUT2D eigenvalue weighted by atomic mass is 127. The van der Waals surface area contributed by atoms with Crippen LogP contribution in [0.25, 0.3) is 11.3 Å². The molecule has 2 aromatic rings. The molecule has 0 unspecified atom stereocenters. The quantitative estimate of drug-likeness (QED) is 0.775. The molecule has 0 spiro atoms. The van der Waals surface area contributed by atoms with Gasteiger partial charge in [-0.1, -0.05) is 12.1 Å². The molecule has 0 aliphatic rings. The van der Waals surface area contributed by atoms with Crippen molar-refractivity contribution >= 4 is 32.4 Å². The molecule has 0 fully saturated rings. The van der Waals surface area contributed by atoms with Crippen molar-refractivity contribution in [3.63, 3.8) is 0 Å².